The summed E-state index contributed by atoms with van der Waals surface area (Å²) in [7, 11) is 4.87. The van der Waals surface area contributed by atoms with Crippen LogP contribution in [0, 0.1) is 6.92 Å². The highest BCUT2D eigenvalue weighted by molar-refractivity contribution is 5.53. The van der Waals surface area contributed by atoms with Gasteiger partial charge in [-0.05, 0) is 31.0 Å². The molecule has 0 amide bonds. The van der Waals surface area contributed by atoms with Gasteiger partial charge < -0.3 is 24.3 Å². The van der Waals surface area contributed by atoms with Crippen LogP contribution in [0.2, 0.25) is 0 Å². The molecule has 1 N–H and O–H groups in total. The lowest BCUT2D eigenvalue weighted by atomic mass is 10.1. The fourth-order valence-electron chi connectivity index (χ4n) is 2.82. The van der Waals surface area contributed by atoms with Crippen LogP contribution in [0.25, 0.3) is 0 Å². The van der Waals surface area contributed by atoms with Gasteiger partial charge in [0.05, 0.1) is 27.4 Å². The molecule has 0 bridgehead atoms. The third kappa shape index (κ3) is 7.53. The highest BCUT2D eigenvalue weighted by Crippen LogP contribution is 2.38. The summed E-state index contributed by atoms with van der Waals surface area (Å²) in [6.07, 6.45) is 5.94. The molecular weight excluding hydrogens is 318 g/mol. The van der Waals surface area contributed by atoms with Gasteiger partial charge in [-0.2, -0.15) is 0 Å². The molecule has 1 aromatic rings. The molecule has 0 aromatic heterocycles. The van der Waals surface area contributed by atoms with E-state index in [1.807, 2.05) is 19.1 Å². The third-order valence-electron chi connectivity index (χ3n) is 4.10. The first-order valence-corrected chi connectivity index (χ1v) is 9.10. The Morgan fingerprint density at radius 1 is 1.00 bits per heavy atom. The second-order valence-corrected chi connectivity index (χ2v) is 5.94. The zero-order chi connectivity index (χ0) is 18.5. The monoisotopic (exact) mass is 352 g/mol. The van der Waals surface area contributed by atoms with Crippen molar-refractivity contribution in [2.45, 2.75) is 51.7 Å². The SMILES string of the molecule is [CH2]CCCCCC(CNCc1cc(OC)c(OC)c(OC)c1)OCC. The Bertz CT molecular complexity index is 454. The minimum atomic E-state index is 0.247. The van der Waals surface area contributed by atoms with E-state index in [1.54, 1.807) is 21.3 Å². The standard InChI is InChI=1S/C20H34NO4/c1-6-8-9-10-11-17(25-7-2)15-21-14-16-12-18(22-3)20(24-5)19(13-16)23-4/h12-13,17,21H,1,6-11,14-15H2,2-5H3. The smallest absolute Gasteiger partial charge is 0.203 e. The van der Waals surface area contributed by atoms with Gasteiger partial charge >= 0.3 is 0 Å². The molecule has 1 atom stereocenters. The van der Waals surface area contributed by atoms with Crippen LogP contribution in [0.5, 0.6) is 17.2 Å². The number of methoxy groups -OCH3 is 3. The van der Waals surface area contributed by atoms with Gasteiger partial charge in [0.1, 0.15) is 0 Å². The van der Waals surface area contributed by atoms with Crippen LogP contribution in [-0.2, 0) is 11.3 Å². The fourth-order valence-corrected chi connectivity index (χ4v) is 2.82. The Labute approximate surface area is 153 Å². The van der Waals surface area contributed by atoms with Gasteiger partial charge in [-0.3, -0.25) is 0 Å². The molecule has 143 valence electrons. The van der Waals surface area contributed by atoms with Crippen molar-refractivity contribution in [1.29, 1.82) is 0 Å². The van der Waals surface area contributed by atoms with Crippen LogP contribution in [0.4, 0.5) is 0 Å². The quantitative estimate of drug-likeness (QED) is 0.513. The number of rotatable bonds is 14. The van der Waals surface area contributed by atoms with Crippen molar-refractivity contribution in [3.05, 3.63) is 24.6 Å². The van der Waals surface area contributed by atoms with E-state index in [0.29, 0.717) is 17.2 Å². The summed E-state index contributed by atoms with van der Waals surface area (Å²) in [6.45, 7) is 8.22. The number of nitrogens with one attached hydrogen (secondary N) is 1. The average molecular weight is 352 g/mol. The topological polar surface area (TPSA) is 49.0 Å². The predicted octanol–water partition coefficient (Wildman–Crippen LogP) is 3.99. The maximum Gasteiger partial charge on any atom is 0.203 e. The molecule has 5 heteroatoms. The maximum absolute atomic E-state index is 5.84. The van der Waals surface area contributed by atoms with E-state index in [9.17, 15) is 0 Å². The van der Waals surface area contributed by atoms with Crippen LogP contribution in [-0.4, -0.2) is 40.6 Å². The van der Waals surface area contributed by atoms with Crippen molar-refractivity contribution in [1.82, 2.24) is 5.32 Å². The summed E-state index contributed by atoms with van der Waals surface area (Å²) in [5, 5.41) is 3.48. The van der Waals surface area contributed by atoms with Gasteiger partial charge in [0.15, 0.2) is 11.5 Å². The van der Waals surface area contributed by atoms with Crippen LogP contribution in [0.15, 0.2) is 12.1 Å². The maximum atomic E-state index is 5.84. The molecule has 1 unspecified atom stereocenters. The molecule has 0 aliphatic heterocycles. The Morgan fingerprint density at radius 2 is 1.68 bits per heavy atom. The zero-order valence-corrected chi connectivity index (χ0v) is 16.2. The largest absolute Gasteiger partial charge is 0.493 e. The summed E-state index contributed by atoms with van der Waals surface area (Å²) in [4.78, 5) is 0. The zero-order valence-electron chi connectivity index (χ0n) is 16.2. The van der Waals surface area contributed by atoms with Gasteiger partial charge in [0, 0.05) is 19.7 Å². The number of ether oxygens (including phenoxy) is 4. The Hall–Kier alpha value is -1.46. The highest BCUT2D eigenvalue weighted by Gasteiger charge is 2.13. The molecule has 1 rings (SSSR count). The van der Waals surface area contributed by atoms with Gasteiger partial charge in [-0.25, -0.2) is 0 Å². The molecule has 0 fully saturated rings. The van der Waals surface area contributed by atoms with E-state index in [-0.39, 0.29) is 6.10 Å². The lowest BCUT2D eigenvalue weighted by molar-refractivity contribution is 0.0547. The number of hydrogen-bond donors (Lipinski definition) is 1. The van der Waals surface area contributed by atoms with E-state index in [4.69, 9.17) is 18.9 Å². The van der Waals surface area contributed by atoms with E-state index >= 15 is 0 Å². The fraction of sp³-hybridized carbons (Fsp3) is 0.650. The van der Waals surface area contributed by atoms with Crippen LogP contribution >= 0.6 is 0 Å². The number of benzene rings is 1. The molecule has 0 saturated carbocycles. The van der Waals surface area contributed by atoms with Crippen LogP contribution in [0.1, 0.15) is 44.6 Å². The Balaban J connectivity index is 2.57. The molecule has 0 spiro atoms. The van der Waals surface area contributed by atoms with Crippen molar-refractivity contribution in [2.24, 2.45) is 0 Å². The van der Waals surface area contributed by atoms with Gasteiger partial charge in [0.25, 0.3) is 0 Å². The molecule has 0 heterocycles. The van der Waals surface area contributed by atoms with Crippen LogP contribution < -0.4 is 19.5 Å². The summed E-state index contributed by atoms with van der Waals surface area (Å²) in [5.41, 5.74) is 1.09. The summed E-state index contributed by atoms with van der Waals surface area (Å²) < 4.78 is 22.0. The minimum Gasteiger partial charge on any atom is -0.493 e. The number of unbranched alkanes of at least 4 members (excludes halogenated alkanes) is 3. The van der Waals surface area contributed by atoms with Crippen LogP contribution in [0.3, 0.4) is 0 Å². The molecule has 1 radical (unpaired) electrons. The summed E-state index contributed by atoms with van der Waals surface area (Å²) in [5.74, 6) is 1.97. The van der Waals surface area contributed by atoms with Gasteiger partial charge in [-0.1, -0.05) is 32.6 Å². The predicted molar refractivity (Wildman–Crippen MR) is 102 cm³/mol. The van der Waals surface area contributed by atoms with Gasteiger partial charge in [-0.15, -0.1) is 0 Å². The summed E-state index contributed by atoms with van der Waals surface area (Å²) >= 11 is 0. The van der Waals surface area contributed by atoms with Gasteiger partial charge in [0.2, 0.25) is 5.75 Å². The molecule has 5 nitrogen and oxygen atoms in total. The number of hydrogen-bond acceptors (Lipinski definition) is 5. The van der Waals surface area contributed by atoms with Crippen molar-refractivity contribution in [2.75, 3.05) is 34.5 Å². The third-order valence-corrected chi connectivity index (χ3v) is 4.10. The van der Waals surface area contributed by atoms with Crippen molar-refractivity contribution >= 4 is 0 Å². The van der Waals surface area contributed by atoms with Crippen molar-refractivity contribution in [3.8, 4) is 17.2 Å². The van der Waals surface area contributed by atoms with Crippen molar-refractivity contribution < 1.29 is 18.9 Å². The Morgan fingerprint density at radius 3 is 2.20 bits per heavy atom. The molecule has 0 aliphatic carbocycles. The molecule has 0 saturated heterocycles. The van der Waals surface area contributed by atoms with Crippen molar-refractivity contribution in [3.63, 3.8) is 0 Å². The van der Waals surface area contributed by atoms with E-state index in [1.165, 1.54) is 19.3 Å². The lowest BCUT2D eigenvalue weighted by Crippen LogP contribution is -2.29. The molecule has 25 heavy (non-hydrogen) atoms. The normalized spacial score (nSPS) is 12.0. The first kappa shape index (κ1) is 21.6. The second-order valence-electron chi connectivity index (χ2n) is 5.94. The van der Waals surface area contributed by atoms with E-state index in [0.717, 1.165) is 38.1 Å². The van der Waals surface area contributed by atoms with E-state index in [2.05, 4.69) is 12.2 Å². The Kier molecular flexibility index (Phi) is 11.1. The van der Waals surface area contributed by atoms with E-state index < -0.39 is 0 Å². The highest BCUT2D eigenvalue weighted by atomic mass is 16.5. The lowest BCUT2D eigenvalue weighted by Gasteiger charge is -2.18. The molecule has 0 aliphatic rings. The summed E-state index contributed by atoms with van der Waals surface area (Å²) in [6, 6.07) is 3.94. The second kappa shape index (κ2) is 12.8. The first-order chi connectivity index (χ1) is 12.2. The molecular formula is C20H34NO4. The minimum absolute atomic E-state index is 0.247. The molecule has 1 aromatic carbocycles. The first-order valence-electron chi connectivity index (χ1n) is 9.10. The average Bonchev–Trinajstić information content (AvgIpc) is 2.64.